The minimum atomic E-state index is 0.610. The maximum Gasteiger partial charge on any atom is 0.0945 e. The second-order valence-corrected chi connectivity index (χ2v) is 3.76. The average molecular weight is 195 g/mol. The fourth-order valence-corrected chi connectivity index (χ4v) is 1.71. The van der Waals surface area contributed by atoms with Crippen molar-refractivity contribution in [3.05, 3.63) is 18.2 Å². The third kappa shape index (κ3) is 2.33. The van der Waals surface area contributed by atoms with Crippen LogP contribution >= 0.6 is 0 Å². The highest BCUT2D eigenvalue weighted by Crippen LogP contribution is 2.07. The minimum Gasteiger partial charge on any atom is -0.381 e. The molecule has 78 valence electrons. The summed E-state index contributed by atoms with van der Waals surface area (Å²) >= 11 is 0. The highest BCUT2D eigenvalue weighted by Gasteiger charge is 2.12. The second-order valence-electron chi connectivity index (χ2n) is 3.76. The average Bonchev–Trinajstić information content (AvgIpc) is 2.63. The van der Waals surface area contributed by atoms with Crippen LogP contribution in [0.3, 0.4) is 0 Å². The third-order valence-electron chi connectivity index (χ3n) is 2.71. The molecule has 0 radical (unpaired) electrons. The Bertz CT molecular complexity index is 279. The summed E-state index contributed by atoms with van der Waals surface area (Å²) in [4.78, 5) is 4.08. The van der Waals surface area contributed by atoms with E-state index in [0.717, 1.165) is 32.6 Å². The normalized spacial score (nSPS) is 18.6. The van der Waals surface area contributed by atoms with Gasteiger partial charge >= 0.3 is 0 Å². The van der Waals surface area contributed by atoms with E-state index < -0.39 is 0 Å². The van der Waals surface area contributed by atoms with Crippen molar-refractivity contribution in [2.24, 2.45) is 7.05 Å². The Morgan fingerprint density at radius 2 is 2.36 bits per heavy atom. The van der Waals surface area contributed by atoms with Gasteiger partial charge in [0.25, 0.3) is 0 Å². The monoisotopic (exact) mass is 195 g/mol. The number of imidazole rings is 1. The van der Waals surface area contributed by atoms with Gasteiger partial charge < -0.3 is 14.6 Å². The van der Waals surface area contributed by atoms with Gasteiger partial charge in [-0.3, -0.25) is 0 Å². The van der Waals surface area contributed by atoms with E-state index in [2.05, 4.69) is 10.3 Å². The van der Waals surface area contributed by atoms with E-state index in [1.165, 1.54) is 5.69 Å². The van der Waals surface area contributed by atoms with Gasteiger partial charge in [0.05, 0.1) is 12.0 Å². The predicted molar refractivity (Wildman–Crippen MR) is 53.9 cm³/mol. The van der Waals surface area contributed by atoms with Gasteiger partial charge in [-0.05, 0) is 12.8 Å². The van der Waals surface area contributed by atoms with E-state index in [-0.39, 0.29) is 0 Å². The van der Waals surface area contributed by atoms with E-state index in [4.69, 9.17) is 4.74 Å². The Hall–Kier alpha value is -0.870. The molecule has 1 N–H and O–H groups in total. The lowest BCUT2D eigenvalue weighted by Crippen LogP contribution is -2.34. The molecule has 0 aromatic carbocycles. The van der Waals surface area contributed by atoms with Crippen molar-refractivity contribution in [3.63, 3.8) is 0 Å². The van der Waals surface area contributed by atoms with Gasteiger partial charge in [0, 0.05) is 39.0 Å². The molecule has 0 unspecified atom stereocenters. The maximum atomic E-state index is 5.30. The summed E-state index contributed by atoms with van der Waals surface area (Å²) in [5, 5.41) is 3.52. The number of hydrogen-bond donors (Lipinski definition) is 1. The van der Waals surface area contributed by atoms with Crippen LogP contribution in [-0.2, 0) is 18.3 Å². The zero-order chi connectivity index (χ0) is 9.80. The number of hydrogen-bond acceptors (Lipinski definition) is 3. The molecule has 1 saturated heterocycles. The van der Waals surface area contributed by atoms with Crippen LogP contribution in [0, 0.1) is 0 Å². The van der Waals surface area contributed by atoms with Gasteiger partial charge in [0.2, 0.25) is 0 Å². The summed E-state index contributed by atoms with van der Waals surface area (Å²) in [7, 11) is 2.02. The van der Waals surface area contributed by atoms with Gasteiger partial charge in [-0.1, -0.05) is 0 Å². The van der Waals surface area contributed by atoms with Crippen LogP contribution < -0.4 is 5.32 Å². The van der Waals surface area contributed by atoms with Crippen molar-refractivity contribution in [1.29, 1.82) is 0 Å². The van der Waals surface area contributed by atoms with Crippen LogP contribution in [0.2, 0.25) is 0 Å². The van der Waals surface area contributed by atoms with Crippen molar-refractivity contribution in [2.75, 3.05) is 13.2 Å². The van der Waals surface area contributed by atoms with Crippen molar-refractivity contribution in [2.45, 2.75) is 25.4 Å². The second kappa shape index (κ2) is 4.57. The van der Waals surface area contributed by atoms with E-state index in [1.807, 2.05) is 24.1 Å². The Balaban J connectivity index is 1.79. The molecule has 1 aromatic rings. The quantitative estimate of drug-likeness (QED) is 0.771. The molecule has 0 atom stereocenters. The lowest BCUT2D eigenvalue weighted by atomic mass is 10.1. The molecule has 2 heterocycles. The first-order chi connectivity index (χ1) is 6.86. The molecule has 14 heavy (non-hydrogen) atoms. The summed E-state index contributed by atoms with van der Waals surface area (Å²) in [6.07, 6.45) is 5.99. The molecule has 0 aliphatic carbocycles. The van der Waals surface area contributed by atoms with Crippen molar-refractivity contribution in [3.8, 4) is 0 Å². The Kier molecular flexibility index (Phi) is 3.16. The Labute approximate surface area is 84.3 Å². The van der Waals surface area contributed by atoms with Gasteiger partial charge in [-0.25, -0.2) is 4.98 Å². The molecule has 0 amide bonds. The standard InChI is InChI=1S/C10H17N3O/c1-13-8-11-6-10(13)7-12-9-2-4-14-5-3-9/h6,8-9,12H,2-5,7H2,1H3. The molecule has 1 fully saturated rings. The minimum absolute atomic E-state index is 0.610. The van der Waals surface area contributed by atoms with Crippen LogP contribution in [0.15, 0.2) is 12.5 Å². The molecule has 0 saturated carbocycles. The number of rotatable bonds is 3. The van der Waals surface area contributed by atoms with Gasteiger partial charge in [-0.2, -0.15) is 0 Å². The first-order valence-electron chi connectivity index (χ1n) is 5.12. The molecule has 0 bridgehead atoms. The van der Waals surface area contributed by atoms with Crippen molar-refractivity contribution < 1.29 is 4.74 Å². The van der Waals surface area contributed by atoms with Crippen LogP contribution in [0.1, 0.15) is 18.5 Å². The highest BCUT2D eigenvalue weighted by molar-refractivity contribution is 4.97. The zero-order valence-electron chi connectivity index (χ0n) is 8.57. The summed E-state index contributed by atoms with van der Waals surface area (Å²) in [5.41, 5.74) is 1.23. The van der Waals surface area contributed by atoms with E-state index in [1.54, 1.807) is 0 Å². The molecule has 1 aliphatic heterocycles. The first-order valence-corrected chi connectivity index (χ1v) is 5.12. The molecular weight excluding hydrogens is 178 g/mol. The lowest BCUT2D eigenvalue weighted by molar-refractivity contribution is 0.0774. The Morgan fingerprint density at radius 3 is 3.00 bits per heavy atom. The number of aryl methyl sites for hydroxylation is 1. The highest BCUT2D eigenvalue weighted by atomic mass is 16.5. The van der Waals surface area contributed by atoms with Crippen LogP contribution in [0.5, 0.6) is 0 Å². The van der Waals surface area contributed by atoms with Crippen molar-refractivity contribution in [1.82, 2.24) is 14.9 Å². The molecule has 1 aromatic heterocycles. The topological polar surface area (TPSA) is 39.1 Å². The largest absolute Gasteiger partial charge is 0.381 e. The van der Waals surface area contributed by atoms with Crippen LogP contribution in [-0.4, -0.2) is 28.8 Å². The van der Waals surface area contributed by atoms with Gasteiger partial charge in [0.1, 0.15) is 0 Å². The number of nitrogens with zero attached hydrogens (tertiary/aromatic N) is 2. The molecule has 1 aliphatic rings. The molecule has 4 nitrogen and oxygen atoms in total. The molecule has 0 spiro atoms. The van der Waals surface area contributed by atoms with Gasteiger partial charge in [0.15, 0.2) is 0 Å². The number of aromatic nitrogens is 2. The zero-order valence-corrected chi connectivity index (χ0v) is 8.57. The molecule has 2 rings (SSSR count). The summed E-state index contributed by atoms with van der Waals surface area (Å²) in [6, 6.07) is 0.610. The maximum absolute atomic E-state index is 5.30. The number of nitrogens with one attached hydrogen (secondary N) is 1. The SMILES string of the molecule is Cn1cncc1CNC1CCOCC1. The van der Waals surface area contributed by atoms with Crippen LogP contribution in [0.25, 0.3) is 0 Å². The Morgan fingerprint density at radius 1 is 1.57 bits per heavy atom. The van der Waals surface area contributed by atoms with E-state index in [0.29, 0.717) is 6.04 Å². The van der Waals surface area contributed by atoms with E-state index in [9.17, 15) is 0 Å². The lowest BCUT2D eigenvalue weighted by Gasteiger charge is -2.23. The fourth-order valence-electron chi connectivity index (χ4n) is 1.71. The first kappa shape index (κ1) is 9.68. The molecule has 4 heteroatoms. The predicted octanol–water partition coefficient (Wildman–Crippen LogP) is 0.689. The summed E-state index contributed by atoms with van der Waals surface area (Å²) in [6.45, 7) is 2.69. The fraction of sp³-hybridized carbons (Fsp3) is 0.700. The summed E-state index contributed by atoms with van der Waals surface area (Å²) < 4.78 is 7.35. The van der Waals surface area contributed by atoms with Gasteiger partial charge in [-0.15, -0.1) is 0 Å². The van der Waals surface area contributed by atoms with Crippen LogP contribution in [0.4, 0.5) is 0 Å². The number of ether oxygens (including phenoxy) is 1. The van der Waals surface area contributed by atoms with Crippen molar-refractivity contribution >= 4 is 0 Å². The third-order valence-corrected chi connectivity index (χ3v) is 2.71. The van der Waals surface area contributed by atoms with E-state index >= 15 is 0 Å². The molecular formula is C10H17N3O. The smallest absolute Gasteiger partial charge is 0.0945 e. The summed E-state index contributed by atoms with van der Waals surface area (Å²) in [5.74, 6) is 0.